The van der Waals surface area contributed by atoms with E-state index >= 15 is 0 Å². The fourth-order valence-corrected chi connectivity index (χ4v) is 4.61. The van der Waals surface area contributed by atoms with Crippen molar-refractivity contribution in [2.45, 2.75) is 38.0 Å². The molecule has 6 nitrogen and oxygen atoms in total. The Hall–Kier alpha value is -3.51. The minimum Gasteiger partial charge on any atom is -0.496 e. The lowest BCUT2D eigenvalue weighted by molar-refractivity contribution is 0.104. The molecule has 0 aliphatic rings. The molecule has 0 N–H and O–H groups in total. The Morgan fingerprint density at radius 3 is 2.62 bits per heavy atom. The van der Waals surface area contributed by atoms with Crippen molar-refractivity contribution in [2.24, 2.45) is 7.05 Å². The number of carbonyl (C=O) groups is 1. The Bertz CT molecular complexity index is 1310. The number of nitriles is 1. The van der Waals surface area contributed by atoms with Crippen LogP contribution in [0, 0.1) is 32.1 Å². The number of ether oxygens (including phenoxy) is 1. The van der Waals surface area contributed by atoms with Crippen LogP contribution >= 0.6 is 11.8 Å². The first-order valence-corrected chi connectivity index (χ1v) is 11.4. The van der Waals surface area contributed by atoms with Gasteiger partial charge in [-0.2, -0.15) is 10.4 Å². The van der Waals surface area contributed by atoms with E-state index in [0.717, 1.165) is 16.8 Å². The van der Waals surface area contributed by atoms with Crippen molar-refractivity contribution in [3.05, 3.63) is 75.2 Å². The van der Waals surface area contributed by atoms with Crippen molar-refractivity contribution in [1.82, 2.24) is 14.8 Å². The number of benzene rings is 1. The van der Waals surface area contributed by atoms with Crippen LogP contribution in [0.1, 0.15) is 56.1 Å². The summed E-state index contributed by atoms with van der Waals surface area (Å²) < 4.78 is 33.5. The minimum absolute atomic E-state index is 0.142. The number of allylic oxidation sites excluding steroid dienone is 1. The van der Waals surface area contributed by atoms with Gasteiger partial charge >= 0.3 is 0 Å². The number of aromatic nitrogens is 3. The number of carbonyl (C=O) groups excluding carboxylic acids is 1. The van der Waals surface area contributed by atoms with E-state index in [-0.39, 0.29) is 22.1 Å². The number of aryl methyl sites for hydroxylation is 3. The highest BCUT2D eigenvalue weighted by molar-refractivity contribution is 7.98. The number of ketones is 1. The van der Waals surface area contributed by atoms with E-state index in [1.54, 1.807) is 37.7 Å². The second-order valence-corrected chi connectivity index (χ2v) is 8.65. The van der Waals surface area contributed by atoms with E-state index < -0.39 is 6.43 Å². The number of hydrogen-bond donors (Lipinski definition) is 0. The van der Waals surface area contributed by atoms with Crippen LogP contribution < -0.4 is 4.74 Å². The molecule has 9 heteroatoms. The SMILES string of the molecule is COc1ccc(/C=C/C(=O)c2c(C)nn(C)c2C)cc1CSc1nc(C(F)F)cc(C)c1C#N. The van der Waals surface area contributed by atoms with Gasteiger partial charge in [0.15, 0.2) is 5.78 Å². The summed E-state index contributed by atoms with van der Waals surface area (Å²) in [6, 6.07) is 8.74. The summed E-state index contributed by atoms with van der Waals surface area (Å²) in [5.74, 6) is 0.806. The van der Waals surface area contributed by atoms with Crippen molar-refractivity contribution in [2.75, 3.05) is 7.11 Å². The summed E-state index contributed by atoms with van der Waals surface area (Å²) in [6.07, 6.45) is 0.488. The predicted molar refractivity (Wildman–Crippen MR) is 127 cm³/mol. The monoisotopic (exact) mass is 482 g/mol. The molecule has 2 heterocycles. The van der Waals surface area contributed by atoms with Gasteiger partial charge in [0.1, 0.15) is 22.5 Å². The normalized spacial score (nSPS) is 11.3. The van der Waals surface area contributed by atoms with Crippen LogP contribution in [0.4, 0.5) is 8.78 Å². The van der Waals surface area contributed by atoms with Gasteiger partial charge in [0, 0.05) is 24.1 Å². The summed E-state index contributed by atoms with van der Waals surface area (Å²) in [5, 5.41) is 14.0. The van der Waals surface area contributed by atoms with Gasteiger partial charge in [0.25, 0.3) is 6.43 Å². The fourth-order valence-electron chi connectivity index (χ4n) is 3.57. The third-order valence-electron chi connectivity index (χ3n) is 5.39. The average molecular weight is 483 g/mol. The molecule has 0 aliphatic heterocycles. The van der Waals surface area contributed by atoms with Crippen molar-refractivity contribution in [3.63, 3.8) is 0 Å². The highest BCUT2D eigenvalue weighted by Crippen LogP contribution is 2.32. The van der Waals surface area contributed by atoms with Crippen LogP contribution in [-0.2, 0) is 12.8 Å². The van der Waals surface area contributed by atoms with Gasteiger partial charge in [0.2, 0.25) is 0 Å². The molecule has 2 aromatic heterocycles. The van der Waals surface area contributed by atoms with Gasteiger partial charge in [-0.3, -0.25) is 9.48 Å². The topological polar surface area (TPSA) is 80.8 Å². The van der Waals surface area contributed by atoms with Crippen molar-refractivity contribution in [3.8, 4) is 11.8 Å². The van der Waals surface area contributed by atoms with Crippen molar-refractivity contribution in [1.29, 1.82) is 5.26 Å². The first-order chi connectivity index (χ1) is 16.2. The molecular formula is C25H24F2N4O2S. The van der Waals surface area contributed by atoms with E-state index in [4.69, 9.17) is 4.74 Å². The van der Waals surface area contributed by atoms with Gasteiger partial charge in [-0.15, -0.1) is 11.8 Å². The standard InChI is InChI=1S/C25H24F2N4O2S/c1-14-10-20(24(26)27)29-25(19(14)12-28)34-13-18-11-17(7-9-22(18)33-5)6-8-21(32)23-15(2)30-31(4)16(23)3/h6-11,24H,13H2,1-5H3/b8-6+. The number of alkyl halides is 2. The van der Waals surface area contributed by atoms with Crippen LogP contribution in [-0.4, -0.2) is 27.7 Å². The molecule has 0 aliphatic carbocycles. The molecule has 0 unspecified atom stereocenters. The molecule has 0 saturated carbocycles. The average Bonchev–Trinajstić information content (AvgIpc) is 3.06. The zero-order chi connectivity index (χ0) is 25.0. The second-order valence-electron chi connectivity index (χ2n) is 7.68. The summed E-state index contributed by atoms with van der Waals surface area (Å²) in [5.41, 5.74) is 3.96. The molecule has 0 fully saturated rings. The molecule has 0 atom stereocenters. The van der Waals surface area contributed by atoms with Crippen molar-refractivity contribution >= 4 is 23.6 Å². The molecular weight excluding hydrogens is 458 g/mol. The van der Waals surface area contributed by atoms with Crippen LogP contribution in [0.2, 0.25) is 0 Å². The van der Waals surface area contributed by atoms with Crippen LogP contribution in [0.15, 0.2) is 35.4 Å². The Labute approximate surface area is 201 Å². The Morgan fingerprint density at radius 1 is 1.29 bits per heavy atom. The minimum atomic E-state index is -2.72. The van der Waals surface area contributed by atoms with E-state index in [1.165, 1.54) is 31.0 Å². The second kappa shape index (κ2) is 10.6. The smallest absolute Gasteiger partial charge is 0.280 e. The van der Waals surface area contributed by atoms with Gasteiger partial charge in [0.05, 0.1) is 23.9 Å². The van der Waals surface area contributed by atoms with Gasteiger partial charge in [-0.1, -0.05) is 12.1 Å². The fraction of sp³-hybridized carbons (Fsp3) is 0.280. The lowest BCUT2D eigenvalue weighted by Crippen LogP contribution is -2.00. The number of methoxy groups -OCH3 is 1. The maximum Gasteiger partial charge on any atom is 0.280 e. The third-order valence-corrected chi connectivity index (χ3v) is 6.41. The van der Waals surface area contributed by atoms with Gasteiger partial charge in [-0.25, -0.2) is 13.8 Å². The zero-order valence-electron chi connectivity index (χ0n) is 19.5. The molecule has 3 aromatic rings. The number of halogens is 2. The first kappa shape index (κ1) is 25.1. The summed E-state index contributed by atoms with van der Waals surface area (Å²) >= 11 is 1.19. The largest absolute Gasteiger partial charge is 0.496 e. The van der Waals surface area contributed by atoms with E-state index in [1.807, 2.05) is 19.1 Å². The number of rotatable bonds is 8. The number of thioether (sulfide) groups is 1. The number of pyridine rings is 1. The molecule has 34 heavy (non-hydrogen) atoms. The quantitative estimate of drug-likeness (QED) is 0.231. The molecule has 3 rings (SSSR count). The number of nitrogens with zero attached hydrogens (tertiary/aromatic N) is 4. The molecule has 0 bridgehead atoms. The highest BCUT2D eigenvalue weighted by atomic mass is 32.2. The third kappa shape index (κ3) is 5.34. The Balaban J connectivity index is 1.86. The van der Waals surface area contributed by atoms with E-state index in [0.29, 0.717) is 28.3 Å². The van der Waals surface area contributed by atoms with Crippen LogP contribution in [0.25, 0.3) is 6.08 Å². The highest BCUT2D eigenvalue weighted by Gasteiger charge is 2.17. The molecule has 0 saturated heterocycles. The van der Waals surface area contributed by atoms with E-state index in [9.17, 15) is 18.8 Å². The maximum atomic E-state index is 13.2. The molecule has 0 spiro atoms. The lowest BCUT2D eigenvalue weighted by atomic mass is 10.1. The van der Waals surface area contributed by atoms with Gasteiger partial charge in [-0.05, 0) is 56.2 Å². The Kier molecular flexibility index (Phi) is 7.84. The molecule has 0 radical (unpaired) electrons. The lowest BCUT2D eigenvalue weighted by Gasteiger charge is -2.12. The summed E-state index contributed by atoms with van der Waals surface area (Å²) in [6.45, 7) is 5.26. The van der Waals surface area contributed by atoms with Gasteiger partial charge < -0.3 is 4.74 Å². The van der Waals surface area contributed by atoms with Crippen molar-refractivity contribution < 1.29 is 18.3 Å². The van der Waals surface area contributed by atoms with Crippen LogP contribution in [0.5, 0.6) is 5.75 Å². The summed E-state index contributed by atoms with van der Waals surface area (Å²) in [4.78, 5) is 16.7. The van der Waals surface area contributed by atoms with E-state index in [2.05, 4.69) is 16.2 Å². The summed E-state index contributed by atoms with van der Waals surface area (Å²) in [7, 11) is 3.33. The molecule has 0 amide bonds. The van der Waals surface area contributed by atoms with Crippen LogP contribution in [0.3, 0.4) is 0 Å². The molecule has 1 aromatic carbocycles. The zero-order valence-corrected chi connectivity index (χ0v) is 20.3. The number of hydrogen-bond acceptors (Lipinski definition) is 6. The maximum absolute atomic E-state index is 13.2. The Morgan fingerprint density at radius 2 is 2.03 bits per heavy atom. The molecule has 176 valence electrons. The first-order valence-electron chi connectivity index (χ1n) is 10.4. The predicted octanol–water partition coefficient (Wildman–Crippen LogP) is 5.75.